The monoisotopic (exact) mass is 788 g/mol. The fourth-order valence-corrected chi connectivity index (χ4v) is 6.59. The molecule has 302 valence electrons. The summed E-state index contributed by atoms with van der Waals surface area (Å²) in [7, 11) is 0. The van der Waals surface area contributed by atoms with Crippen molar-refractivity contribution in [3.63, 3.8) is 0 Å². The minimum absolute atomic E-state index is 0.0394. The van der Waals surface area contributed by atoms with Gasteiger partial charge in [-0.3, -0.25) is 28.8 Å². The molecular weight excluding hydrogens is 737 g/mol. The molecule has 1 aromatic carbocycles. The van der Waals surface area contributed by atoms with Crippen LogP contribution in [0.2, 0.25) is 0 Å². The van der Waals surface area contributed by atoms with Crippen molar-refractivity contribution >= 4 is 53.2 Å². The number of hydrogen-bond acceptors (Lipinski definition) is 11. The number of carboxylic acids is 2. The molecule has 1 fully saturated rings. The maximum absolute atomic E-state index is 14.1. The number of H-pyrrole nitrogens is 1. The maximum atomic E-state index is 14.1. The SMILES string of the molecule is CSCC[C@H](NC(=O)[C@@H]1CCCN1C(=O)[C@H](CC(C)C)NC(=O)[C@H](Cc1ccc(O)cc1)NC(=O)[C@H](CCC(=O)O)NC(=O)[C@@H](N)Cc1cnc[nH]1)C(=O)O. The second-order valence-corrected chi connectivity index (χ2v) is 14.9. The normalized spacial score (nSPS) is 16.7. The average Bonchev–Trinajstić information content (AvgIpc) is 3.84. The Bertz CT molecular complexity index is 1620. The lowest BCUT2D eigenvalue weighted by atomic mass is 9.99. The first-order valence-electron chi connectivity index (χ1n) is 18.1. The van der Waals surface area contributed by atoms with Crippen LogP contribution in [0.25, 0.3) is 0 Å². The van der Waals surface area contributed by atoms with E-state index in [1.54, 1.807) is 0 Å². The molecule has 19 heteroatoms. The molecule has 0 aliphatic carbocycles. The first kappa shape index (κ1) is 44.2. The van der Waals surface area contributed by atoms with Crippen molar-refractivity contribution in [1.82, 2.24) is 36.1 Å². The Morgan fingerprint density at radius 2 is 1.56 bits per heavy atom. The van der Waals surface area contributed by atoms with Gasteiger partial charge >= 0.3 is 11.9 Å². The molecule has 0 bridgehead atoms. The van der Waals surface area contributed by atoms with E-state index in [0.717, 1.165) is 0 Å². The predicted octanol–water partition coefficient (Wildman–Crippen LogP) is -0.0934. The number of aliphatic carboxylic acids is 2. The van der Waals surface area contributed by atoms with Gasteiger partial charge in [0.25, 0.3) is 0 Å². The molecule has 0 unspecified atom stereocenters. The van der Waals surface area contributed by atoms with E-state index in [-0.39, 0.29) is 50.3 Å². The zero-order chi connectivity index (χ0) is 40.7. The van der Waals surface area contributed by atoms with Crippen LogP contribution in [0.1, 0.15) is 63.6 Å². The lowest BCUT2D eigenvalue weighted by Gasteiger charge is -2.31. The minimum atomic E-state index is -1.41. The first-order chi connectivity index (χ1) is 26.1. The van der Waals surface area contributed by atoms with Gasteiger partial charge in [0, 0.05) is 37.7 Å². The molecule has 2 aromatic rings. The third-order valence-electron chi connectivity index (χ3n) is 9.01. The second-order valence-electron chi connectivity index (χ2n) is 13.9. The Labute approximate surface area is 323 Å². The molecule has 1 aromatic heterocycles. The number of carbonyl (C=O) groups is 7. The van der Waals surface area contributed by atoms with Crippen LogP contribution >= 0.6 is 11.8 Å². The van der Waals surface area contributed by atoms with Crippen LogP contribution in [0.4, 0.5) is 0 Å². The number of phenols is 1. The maximum Gasteiger partial charge on any atom is 0.326 e. The highest BCUT2D eigenvalue weighted by molar-refractivity contribution is 7.98. The fraction of sp³-hybridized carbons (Fsp3) is 0.556. The number of imidazole rings is 1. The number of aromatic nitrogens is 2. The Morgan fingerprint density at radius 1 is 0.909 bits per heavy atom. The van der Waals surface area contributed by atoms with Crippen molar-refractivity contribution in [3.8, 4) is 5.75 Å². The lowest BCUT2D eigenvalue weighted by molar-refractivity contribution is -0.145. The van der Waals surface area contributed by atoms with Gasteiger partial charge in [-0.1, -0.05) is 26.0 Å². The highest BCUT2D eigenvalue weighted by Crippen LogP contribution is 2.21. The molecule has 3 rings (SSSR count). The molecule has 10 N–H and O–H groups in total. The van der Waals surface area contributed by atoms with Gasteiger partial charge in [0.1, 0.15) is 36.0 Å². The summed E-state index contributed by atoms with van der Waals surface area (Å²) in [6, 6.07) is -1.27. The molecule has 5 amide bonds. The molecule has 6 atom stereocenters. The van der Waals surface area contributed by atoms with Crippen LogP contribution < -0.4 is 27.0 Å². The molecular formula is C36H52N8O10S. The summed E-state index contributed by atoms with van der Waals surface area (Å²) < 4.78 is 0. The highest BCUT2D eigenvalue weighted by Gasteiger charge is 2.40. The summed E-state index contributed by atoms with van der Waals surface area (Å²) in [6.45, 7) is 3.88. The summed E-state index contributed by atoms with van der Waals surface area (Å²) in [5.74, 6) is -5.62. The van der Waals surface area contributed by atoms with E-state index in [4.69, 9.17) is 5.73 Å². The minimum Gasteiger partial charge on any atom is -0.508 e. The van der Waals surface area contributed by atoms with E-state index in [1.165, 1.54) is 53.5 Å². The zero-order valence-electron chi connectivity index (χ0n) is 31.2. The number of thioether (sulfide) groups is 1. The molecule has 0 radical (unpaired) electrons. The van der Waals surface area contributed by atoms with Crippen LogP contribution in [0, 0.1) is 5.92 Å². The Balaban J connectivity index is 1.85. The van der Waals surface area contributed by atoms with Crippen molar-refractivity contribution < 1.29 is 48.9 Å². The number of rotatable bonds is 22. The fourth-order valence-electron chi connectivity index (χ4n) is 6.12. The summed E-state index contributed by atoms with van der Waals surface area (Å²) in [6.07, 6.45) is 4.93. The van der Waals surface area contributed by atoms with Crippen molar-refractivity contribution in [1.29, 1.82) is 0 Å². The molecule has 0 saturated carbocycles. The topological polar surface area (TPSA) is 286 Å². The van der Waals surface area contributed by atoms with Crippen molar-refractivity contribution in [2.24, 2.45) is 11.7 Å². The quantitative estimate of drug-likeness (QED) is 0.0755. The third kappa shape index (κ3) is 14.2. The van der Waals surface area contributed by atoms with E-state index in [0.29, 0.717) is 29.9 Å². The van der Waals surface area contributed by atoms with Crippen LogP contribution in [0.3, 0.4) is 0 Å². The number of benzene rings is 1. The van der Waals surface area contributed by atoms with Gasteiger partial charge in [0.15, 0.2) is 0 Å². The van der Waals surface area contributed by atoms with E-state index >= 15 is 0 Å². The summed E-state index contributed by atoms with van der Waals surface area (Å²) in [5, 5.41) is 39.2. The van der Waals surface area contributed by atoms with Gasteiger partial charge in [0.2, 0.25) is 29.5 Å². The number of nitrogens with one attached hydrogen (secondary N) is 5. The van der Waals surface area contributed by atoms with Gasteiger partial charge in [0.05, 0.1) is 12.4 Å². The Kier molecular flexibility index (Phi) is 17.4. The molecule has 1 aliphatic rings. The van der Waals surface area contributed by atoms with E-state index in [1.807, 2.05) is 20.1 Å². The number of phenolic OH excluding ortho intramolecular Hbond substituents is 1. The number of carbonyl (C=O) groups excluding carboxylic acids is 5. The first-order valence-corrected chi connectivity index (χ1v) is 19.4. The molecule has 1 saturated heterocycles. The van der Waals surface area contributed by atoms with E-state index < -0.39 is 84.1 Å². The van der Waals surface area contributed by atoms with Gasteiger partial charge in [-0.15, -0.1) is 0 Å². The largest absolute Gasteiger partial charge is 0.508 e. The predicted molar refractivity (Wildman–Crippen MR) is 201 cm³/mol. The smallest absolute Gasteiger partial charge is 0.326 e. The van der Waals surface area contributed by atoms with E-state index in [9.17, 15) is 48.9 Å². The van der Waals surface area contributed by atoms with Gasteiger partial charge in [-0.2, -0.15) is 11.8 Å². The number of hydrogen-bond donors (Lipinski definition) is 9. The van der Waals surface area contributed by atoms with Crippen LogP contribution in [0.5, 0.6) is 5.75 Å². The standard InChI is InChI=1S/C36H52N8O10S/c1-20(2)15-28(35(52)44-13-4-5-29(44)34(51)41-26(36(53)54)12-14-55-3)43-33(50)27(16-21-6-8-23(45)9-7-21)42-32(49)25(10-11-30(46)47)40-31(48)24(37)17-22-18-38-19-39-22/h6-9,18-20,24-29,45H,4-5,10-17,37H2,1-3H3,(H,38,39)(H,40,48)(H,41,51)(H,42,49)(H,43,50)(H,46,47)(H,53,54)/t24-,25-,26-,27-,28-,29-/m0/s1. The van der Waals surface area contributed by atoms with Crippen LogP contribution in [-0.2, 0) is 46.4 Å². The van der Waals surface area contributed by atoms with E-state index in [2.05, 4.69) is 31.2 Å². The lowest BCUT2D eigenvalue weighted by Crippen LogP contribution is -2.59. The summed E-state index contributed by atoms with van der Waals surface area (Å²) >= 11 is 1.44. The summed E-state index contributed by atoms with van der Waals surface area (Å²) in [5.41, 5.74) is 7.13. The van der Waals surface area contributed by atoms with Crippen LogP contribution in [-0.4, -0.2) is 126 Å². The number of likely N-dealkylation sites (tertiary alicyclic amines) is 1. The average molecular weight is 789 g/mol. The van der Waals surface area contributed by atoms with Crippen LogP contribution in [0.15, 0.2) is 36.8 Å². The van der Waals surface area contributed by atoms with Gasteiger partial charge in [-0.25, -0.2) is 9.78 Å². The van der Waals surface area contributed by atoms with Crippen molar-refractivity contribution in [3.05, 3.63) is 48.0 Å². The Hall–Kier alpha value is -5.17. The highest BCUT2D eigenvalue weighted by atomic mass is 32.2. The number of nitrogens with zero attached hydrogens (tertiary/aromatic N) is 2. The second kappa shape index (κ2) is 21.7. The van der Waals surface area contributed by atoms with Gasteiger partial charge < -0.3 is 52.2 Å². The number of aromatic amines is 1. The molecule has 0 spiro atoms. The number of carboxylic acid groups (broad SMARTS) is 2. The summed E-state index contributed by atoms with van der Waals surface area (Å²) in [4.78, 5) is 99.6. The Morgan fingerprint density at radius 3 is 2.16 bits per heavy atom. The molecule has 1 aliphatic heterocycles. The van der Waals surface area contributed by atoms with Gasteiger partial charge in [-0.05, 0) is 67.7 Å². The number of amides is 5. The van der Waals surface area contributed by atoms with Crippen molar-refractivity contribution in [2.45, 2.75) is 101 Å². The third-order valence-corrected chi connectivity index (χ3v) is 9.65. The number of nitrogens with two attached hydrogens (primary N) is 1. The molecule has 55 heavy (non-hydrogen) atoms. The number of aromatic hydroxyl groups is 1. The zero-order valence-corrected chi connectivity index (χ0v) is 32.0. The van der Waals surface area contributed by atoms with Crippen molar-refractivity contribution in [2.75, 3.05) is 18.6 Å². The molecule has 18 nitrogen and oxygen atoms in total. The molecule has 2 heterocycles.